The van der Waals surface area contributed by atoms with Crippen molar-refractivity contribution < 1.29 is 4.79 Å². The Morgan fingerprint density at radius 1 is 1.24 bits per heavy atom. The fraction of sp³-hybridized carbons (Fsp3) is 0.857. The summed E-state index contributed by atoms with van der Waals surface area (Å²) in [5.74, 6) is 1.11. The van der Waals surface area contributed by atoms with E-state index in [4.69, 9.17) is 0 Å². The summed E-state index contributed by atoms with van der Waals surface area (Å²) in [6.45, 7) is 7.59. The molecule has 0 unspecified atom stereocenters. The van der Waals surface area contributed by atoms with Gasteiger partial charge in [0.15, 0.2) is 0 Å². The fourth-order valence-electron chi connectivity index (χ4n) is 2.81. The topological polar surface area (TPSA) is 67.2 Å². The number of amides is 1. The third-order valence-electron chi connectivity index (χ3n) is 4.18. The summed E-state index contributed by atoms with van der Waals surface area (Å²) < 4.78 is 1.82. The lowest BCUT2D eigenvalue weighted by atomic mass is 10.0. The first kappa shape index (κ1) is 15.9. The number of aromatic nitrogens is 4. The molecule has 0 spiro atoms. The molecule has 1 aromatic heterocycles. The minimum atomic E-state index is 0.0543. The van der Waals surface area contributed by atoms with E-state index in [-0.39, 0.29) is 11.9 Å². The predicted molar refractivity (Wildman–Crippen MR) is 79.7 cm³/mol. The molecule has 0 radical (unpaired) electrons. The molecule has 0 N–H and O–H groups in total. The second-order valence-corrected chi connectivity index (χ2v) is 5.76. The SMILES string of the molecule is CCCC[C@H]1C(=O)N(C)CCN1CCCn1nnnc1C. The number of carbonyl (C=O) groups excluding carboxylic acids is 1. The summed E-state index contributed by atoms with van der Waals surface area (Å²) >= 11 is 0. The molecule has 0 aromatic carbocycles. The molecule has 0 saturated carbocycles. The van der Waals surface area contributed by atoms with E-state index in [1.165, 1.54) is 0 Å². The van der Waals surface area contributed by atoms with Gasteiger partial charge in [0.1, 0.15) is 5.82 Å². The summed E-state index contributed by atoms with van der Waals surface area (Å²) in [7, 11) is 1.91. The minimum absolute atomic E-state index is 0.0543. The molecular formula is C14H26N6O. The van der Waals surface area contributed by atoms with Gasteiger partial charge in [-0.25, -0.2) is 4.68 Å². The Balaban J connectivity index is 1.87. The van der Waals surface area contributed by atoms with Gasteiger partial charge in [-0.1, -0.05) is 19.8 Å². The van der Waals surface area contributed by atoms with Crippen molar-refractivity contribution in [1.82, 2.24) is 30.0 Å². The summed E-state index contributed by atoms with van der Waals surface area (Å²) in [5, 5.41) is 11.5. The standard InChI is InChI=1S/C14H26N6O/c1-4-5-7-13-14(21)18(3)10-11-19(13)8-6-9-20-12(2)15-16-17-20/h13H,4-11H2,1-3H3/t13-/m0/s1. The van der Waals surface area contributed by atoms with E-state index < -0.39 is 0 Å². The highest BCUT2D eigenvalue weighted by Crippen LogP contribution is 2.16. The van der Waals surface area contributed by atoms with Crippen LogP contribution in [0.2, 0.25) is 0 Å². The highest BCUT2D eigenvalue weighted by atomic mass is 16.2. The Bertz CT molecular complexity index is 460. The molecule has 1 aromatic rings. The number of rotatable bonds is 7. The van der Waals surface area contributed by atoms with Gasteiger partial charge < -0.3 is 4.90 Å². The Labute approximate surface area is 126 Å². The lowest BCUT2D eigenvalue weighted by molar-refractivity contribution is -0.140. The zero-order chi connectivity index (χ0) is 15.2. The number of piperazine rings is 1. The van der Waals surface area contributed by atoms with Crippen LogP contribution in [0.15, 0.2) is 0 Å². The fourth-order valence-corrected chi connectivity index (χ4v) is 2.81. The van der Waals surface area contributed by atoms with Crippen LogP contribution in [0.4, 0.5) is 0 Å². The van der Waals surface area contributed by atoms with Gasteiger partial charge in [0.05, 0.1) is 6.04 Å². The molecule has 1 aliphatic heterocycles. The van der Waals surface area contributed by atoms with Crippen molar-refractivity contribution in [1.29, 1.82) is 0 Å². The van der Waals surface area contributed by atoms with Gasteiger partial charge in [-0.3, -0.25) is 9.69 Å². The normalized spacial score (nSPS) is 20.2. The number of hydrogen-bond donors (Lipinski definition) is 0. The van der Waals surface area contributed by atoms with Gasteiger partial charge >= 0.3 is 0 Å². The van der Waals surface area contributed by atoms with Crippen molar-refractivity contribution in [3.8, 4) is 0 Å². The number of hydrogen-bond acceptors (Lipinski definition) is 5. The van der Waals surface area contributed by atoms with E-state index in [9.17, 15) is 4.79 Å². The number of tetrazole rings is 1. The first-order chi connectivity index (χ1) is 10.1. The van der Waals surface area contributed by atoms with E-state index in [0.29, 0.717) is 0 Å². The Hall–Kier alpha value is -1.50. The third kappa shape index (κ3) is 4.00. The predicted octanol–water partition coefficient (Wildman–Crippen LogP) is 0.704. The molecule has 7 nitrogen and oxygen atoms in total. The van der Waals surface area contributed by atoms with E-state index in [0.717, 1.165) is 57.7 Å². The summed E-state index contributed by atoms with van der Waals surface area (Å²) in [4.78, 5) is 16.5. The van der Waals surface area contributed by atoms with Gasteiger partial charge in [0.2, 0.25) is 5.91 Å². The van der Waals surface area contributed by atoms with Crippen molar-refractivity contribution >= 4 is 5.91 Å². The first-order valence-electron chi connectivity index (χ1n) is 7.85. The number of unbranched alkanes of at least 4 members (excludes halogenated alkanes) is 1. The lowest BCUT2D eigenvalue weighted by Gasteiger charge is -2.39. The van der Waals surface area contributed by atoms with Gasteiger partial charge in [-0.15, -0.1) is 5.10 Å². The number of carbonyl (C=O) groups is 1. The Kier molecular flexibility index (Phi) is 5.67. The molecule has 118 valence electrons. The molecule has 0 bridgehead atoms. The first-order valence-corrected chi connectivity index (χ1v) is 7.85. The number of aryl methyl sites for hydroxylation is 2. The number of nitrogens with zero attached hydrogens (tertiary/aromatic N) is 6. The maximum absolute atomic E-state index is 12.3. The average molecular weight is 294 g/mol. The van der Waals surface area contributed by atoms with Gasteiger partial charge in [0, 0.05) is 33.2 Å². The highest BCUT2D eigenvalue weighted by molar-refractivity contribution is 5.82. The van der Waals surface area contributed by atoms with E-state index in [1.54, 1.807) is 0 Å². The second kappa shape index (κ2) is 7.49. The molecular weight excluding hydrogens is 268 g/mol. The molecule has 0 aliphatic carbocycles. The van der Waals surface area contributed by atoms with Crippen LogP contribution < -0.4 is 0 Å². The lowest BCUT2D eigenvalue weighted by Crippen LogP contribution is -2.55. The van der Waals surface area contributed by atoms with E-state index in [1.807, 2.05) is 23.6 Å². The van der Waals surface area contributed by atoms with E-state index in [2.05, 4.69) is 27.3 Å². The van der Waals surface area contributed by atoms with E-state index >= 15 is 0 Å². The van der Waals surface area contributed by atoms with Crippen LogP contribution in [-0.4, -0.2) is 68.6 Å². The largest absolute Gasteiger partial charge is 0.343 e. The van der Waals surface area contributed by atoms with Crippen molar-refractivity contribution in [2.45, 2.75) is 52.1 Å². The molecule has 1 atom stereocenters. The summed E-state index contributed by atoms with van der Waals surface area (Å²) in [5.41, 5.74) is 0. The summed E-state index contributed by atoms with van der Waals surface area (Å²) in [6.07, 6.45) is 4.16. The van der Waals surface area contributed by atoms with Crippen LogP contribution >= 0.6 is 0 Å². The Morgan fingerprint density at radius 2 is 2.05 bits per heavy atom. The van der Waals surface area contributed by atoms with Crippen LogP contribution in [-0.2, 0) is 11.3 Å². The zero-order valence-corrected chi connectivity index (χ0v) is 13.3. The molecule has 7 heteroatoms. The van der Waals surface area contributed by atoms with Crippen molar-refractivity contribution in [2.75, 3.05) is 26.7 Å². The molecule has 1 aliphatic rings. The van der Waals surface area contributed by atoms with Crippen LogP contribution in [0.5, 0.6) is 0 Å². The molecule has 1 fully saturated rings. The third-order valence-corrected chi connectivity index (χ3v) is 4.18. The zero-order valence-electron chi connectivity index (χ0n) is 13.3. The average Bonchev–Trinajstić information content (AvgIpc) is 2.88. The van der Waals surface area contributed by atoms with Gasteiger partial charge in [-0.05, 0) is 30.2 Å². The monoisotopic (exact) mass is 294 g/mol. The molecule has 1 amide bonds. The van der Waals surface area contributed by atoms with Crippen molar-refractivity contribution in [3.63, 3.8) is 0 Å². The molecule has 1 saturated heterocycles. The van der Waals surface area contributed by atoms with Crippen LogP contribution in [0, 0.1) is 6.92 Å². The van der Waals surface area contributed by atoms with Gasteiger partial charge in [0.25, 0.3) is 0 Å². The van der Waals surface area contributed by atoms with Crippen molar-refractivity contribution in [2.24, 2.45) is 0 Å². The maximum Gasteiger partial charge on any atom is 0.239 e. The highest BCUT2D eigenvalue weighted by Gasteiger charge is 2.31. The summed E-state index contributed by atoms with van der Waals surface area (Å²) in [6, 6.07) is 0.0543. The second-order valence-electron chi connectivity index (χ2n) is 5.76. The molecule has 21 heavy (non-hydrogen) atoms. The Morgan fingerprint density at radius 3 is 2.71 bits per heavy atom. The molecule has 2 heterocycles. The van der Waals surface area contributed by atoms with Crippen LogP contribution in [0.25, 0.3) is 0 Å². The van der Waals surface area contributed by atoms with Crippen LogP contribution in [0.3, 0.4) is 0 Å². The maximum atomic E-state index is 12.3. The molecule has 2 rings (SSSR count). The minimum Gasteiger partial charge on any atom is -0.343 e. The number of likely N-dealkylation sites (N-methyl/N-ethyl adjacent to an activating group) is 1. The van der Waals surface area contributed by atoms with Gasteiger partial charge in [-0.2, -0.15) is 0 Å². The quantitative estimate of drug-likeness (QED) is 0.741. The van der Waals surface area contributed by atoms with Crippen molar-refractivity contribution in [3.05, 3.63) is 5.82 Å². The smallest absolute Gasteiger partial charge is 0.239 e. The van der Waals surface area contributed by atoms with Crippen LogP contribution in [0.1, 0.15) is 38.4 Å².